The van der Waals surface area contributed by atoms with E-state index >= 15 is 0 Å². The Kier molecular flexibility index (Phi) is 5.26. The van der Waals surface area contributed by atoms with Gasteiger partial charge < -0.3 is 5.11 Å². The zero-order valence-corrected chi connectivity index (χ0v) is 14.8. The van der Waals surface area contributed by atoms with Crippen LogP contribution in [0.1, 0.15) is 12.5 Å². The molecule has 25 heavy (non-hydrogen) atoms. The van der Waals surface area contributed by atoms with Gasteiger partial charge in [-0.25, -0.2) is 4.68 Å². The predicted molar refractivity (Wildman–Crippen MR) is 104 cm³/mol. The molecule has 1 aromatic heterocycles. The summed E-state index contributed by atoms with van der Waals surface area (Å²) in [6.45, 7) is 6.44. The van der Waals surface area contributed by atoms with Gasteiger partial charge in [-0.15, -0.1) is 11.3 Å². The van der Waals surface area contributed by atoms with E-state index in [-0.39, 0.29) is 5.75 Å². The first kappa shape index (κ1) is 16.9. The Balaban J connectivity index is 2.04. The lowest BCUT2D eigenvalue weighted by atomic mass is 10.2. The van der Waals surface area contributed by atoms with Gasteiger partial charge in [0, 0.05) is 10.9 Å². The summed E-state index contributed by atoms with van der Waals surface area (Å²) >= 11 is 1.55. The molecule has 0 aliphatic carbocycles. The van der Waals surface area contributed by atoms with Crippen molar-refractivity contribution >= 4 is 17.6 Å². The first-order valence-corrected chi connectivity index (χ1v) is 8.75. The summed E-state index contributed by atoms with van der Waals surface area (Å²) in [4.78, 5) is 5.42. The number of hydrogen-bond acceptors (Lipinski definition) is 4. The molecule has 0 amide bonds. The maximum atomic E-state index is 9.40. The van der Waals surface area contributed by atoms with Crippen LogP contribution in [0.15, 0.2) is 82.2 Å². The molecule has 0 aliphatic heterocycles. The molecule has 0 saturated heterocycles. The molecule has 2 aromatic carbocycles. The SMILES string of the molecule is C=C(C)CN=c1scc(-c2ccccc2)n1N=Cc1ccc(O)cc1. The molecule has 3 aromatic rings. The van der Waals surface area contributed by atoms with Crippen molar-refractivity contribution < 1.29 is 5.11 Å². The van der Waals surface area contributed by atoms with E-state index in [0.717, 1.165) is 27.2 Å². The van der Waals surface area contributed by atoms with Gasteiger partial charge in [0.05, 0.1) is 18.5 Å². The van der Waals surface area contributed by atoms with Crippen LogP contribution in [0.5, 0.6) is 5.75 Å². The first-order valence-electron chi connectivity index (χ1n) is 7.88. The minimum atomic E-state index is 0.238. The van der Waals surface area contributed by atoms with E-state index in [4.69, 9.17) is 0 Å². The molecule has 4 nitrogen and oxygen atoms in total. The summed E-state index contributed by atoms with van der Waals surface area (Å²) in [5.41, 5.74) is 3.98. The normalized spacial score (nSPS) is 12.0. The second-order valence-corrected chi connectivity index (χ2v) is 6.53. The Labute approximate surface area is 150 Å². The van der Waals surface area contributed by atoms with Crippen LogP contribution in [0, 0.1) is 0 Å². The predicted octanol–water partition coefficient (Wildman–Crippen LogP) is 4.28. The summed E-state index contributed by atoms with van der Waals surface area (Å²) in [6, 6.07) is 17.0. The third-order valence-electron chi connectivity index (χ3n) is 3.45. The molecule has 0 unspecified atom stereocenters. The smallest absolute Gasteiger partial charge is 0.206 e. The number of benzene rings is 2. The largest absolute Gasteiger partial charge is 0.508 e. The number of nitrogens with zero attached hydrogens (tertiary/aromatic N) is 3. The highest BCUT2D eigenvalue weighted by atomic mass is 32.1. The highest BCUT2D eigenvalue weighted by Crippen LogP contribution is 2.19. The molecule has 0 saturated carbocycles. The number of aromatic hydroxyl groups is 1. The Bertz CT molecular complexity index is 951. The maximum absolute atomic E-state index is 9.40. The zero-order chi connectivity index (χ0) is 17.6. The second kappa shape index (κ2) is 7.77. The van der Waals surface area contributed by atoms with Gasteiger partial charge in [-0.1, -0.05) is 42.5 Å². The number of aromatic nitrogens is 1. The van der Waals surface area contributed by atoms with Crippen molar-refractivity contribution in [3.05, 3.63) is 82.5 Å². The molecule has 0 bridgehead atoms. The summed E-state index contributed by atoms with van der Waals surface area (Å²) in [5, 5.41) is 16.1. The van der Waals surface area contributed by atoms with Gasteiger partial charge in [0.15, 0.2) is 0 Å². The Morgan fingerprint density at radius 1 is 1.16 bits per heavy atom. The van der Waals surface area contributed by atoms with Crippen molar-refractivity contribution in [2.45, 2.75) is 6.92 Å². The quantitative estimate of drug-likeness (QED) is 0.542. The molecule has 126 valence electrons. The molecule has 0 spiro atoms. The van der Waals surface area contributed by atoms with Gasteiger partial charge in [0.2, 0.25) is 4.80 Å². The van der Waals surface area contributed by atoms with E-state index in [1.807, 2.05) is 41.9 Å². The van der Waals surface area contributed by atoms with Crippen LogP contribution in [0.3, 0.4) is 0 Å². The summed E-state index contributed by atoms with van der Waals surface area (Å²) in [6.07, 6.45) is 1.76. The summed E-state index contributed by atoms with van der Waals surface area (Å²) < 4.78 is 1.84. The van der Waals surface area contributed by atoms with Crippen molar-refractivity contribution in [3.63, 3.8) is 0 Å². The summed E-state index contributed by atoms with van der Waals surface area (Å²) in [7, 11) is 0. The molecule has 0 fully saturated rings. The molecule has 3 rings (SSSR count). The Morgan fingerprint density at radius 3 is 2.56 bits per heavy atom. The van der Waals surface area contributed by atoms with Gasteiger partial charge in [-0.3, -0.25) is 4.99 Å². The highest BCUT2D eigenvalue weighted by Gasteiger charge is 2.06. The van der Waals surface area contributed by atoms with Crippen LogP contribution in [-0.2, 0) is 0 Å². The Hall–Kier alpha value is -2.92. The molecule has 1 N–H and O–H groups in total. The second-order valence-electron chi connectivity index (χ2n) is 5.69. The first-order chi connectivity index (χ1) is 12.1. The highest BCUT2D eigenvalue weighted by molar-refractivity contribution is 7.07. The third kappa shape index (κ3) is 4.33. The van der Waals surface area contributed by atoms with E-state index in [9.17, 15) is 5.11 Å². The fraction of sp³-hybridized carbons (Fsp3) is 0.100. The lowest BCUT2D eigenvalue weighted by Gasteiger charge is -2.03. The van der Waals surface area contributed by atoms with Crippen molar-refractivity contribution in [2.24, 2.45) is 10.1 Å². The molecule has 5 heteroatoms. The van der Waals surface area contributed by atoms with E-state index < -0.39 is 0 Å². The van der Waals surface area contributed by atoms with Crippen molar-refractivity contribution in [1.29, 1.82) is 0 Å². The Morgan fingerprint density at radius 2 is 1.88 bits per heavy atom. The average molecular weight is 349 g/mol. The molecular weight excluding hydrogens is 330 g/mol. The van der Waals surface area contributed by atoms with Crippen LogP contribution < -0.4 is 4.80 Å². The number of phenols is 1. The molecule has 0 radical (unpaired) electrons. The topological polar surface area (TPSA) is 49.9 Å². The summed E-state index contributed by atoms with van der Waals surface area (Å²) in [5.74, 6) is 0.238. The number of rotatable bonds is 5. The van der Waals surface area contributed by atoms with Crippen LogP contribution in [0.2, 0.25) is 0 Å². The maximum Gasteiger partial charge on any atom is 0.206 e. The third-order valence-corrected chi connectivity index (χ3v) is 4.31. The van der Waals surface area contributed by atoms with E-state index in [0.29, 0.717) is 6.54 Å². The molecule has 0 atom stereocenters. The molecular formula is C20H19N3OS. The lowest BCUT2D eigenvalue weighted by Crippen LogP contribution is -2.13. The van der Waals surface area contributed by atoms with E-state index in [2.05, 4.69) is 34.2 Å². The number of thiazole rings is 1. The van der Waals surface area contributed by atoms with Gasteiger partial charge in [0.1, 0.15) is 5.75 Å². The van der Waals surface area contributed by atoms with Gasteiger partial charge >= 0.3 is 0 Å². The van der Waals surface area contributed by atoms with E-state index in [1.165, 1.54) is 0 Å². The molecule has 1 heterocycles. The minimum Gasteiger partial charge on any atom is -0.508 e. The van der Waals surface area contributed by atoms with Crippen LogP contribution in [-0.4, -0.2) is 22.5 Å². The lowest BCUT2D eigenvalue weighted by molar-refractivity contribution is 0.475. The van der Waals surface area contributed by atoms with E-state index in [1.54, 1.807) is 29.7 Å². The van der Waals surface area contributed by atoms with Gasteiger partial charge in [-0.2, -0.15) is 5.10 Å². The van der Waals surface area contributed by atoms with Crippen LogP contribution >= 0.6 is 11.3 Å². The fourth-order valence-electron chi connectivity index (χ4n) is 2.21. The monoisotopic (exact) mass is 349 g/mol. The van der Waals surface area contributed by atoms with Crippen molar-refractivity contribution in [3.8, 4) is 17.0 Å². The van der Waals surface area contributed by atoms with Crippen molar-refractivity contribution in [2.75, 3.05) is 6.54 Å². The van der Waals surface area contributed by atoms with Gasteiger partial charge in [-0.05, 0) is 36.8 Å². The number of hydrogen-bond donors (Lipinski definition) is 1. The van der Waals surface area contributed by atoms with Crippen molar-refractivity contribution in [1.82, 2.24) is 4.68 Å². The molecule has 0 aliphatic rings. The minimum absolute atomic E-state index is 0.238. The van der Waals surface area contributed by atoms with Crippen LogP contribution in [0.4, 0.5) is 0 Å². The fourth-order valence-corrected chi connectivity index (χ4v) is 3.05. The standard InChI is InChI=1S/C20H19N3OS/c1-15(2)12-21-20-23(22-13-16-8-10-18(24)11-9-16)19(14-25-20)17-6-4-3-5-7-17/h3-11,13-14,24H,1,12H2,2H3. The van der Waals surface area contributed by atoms with Gasteiger partial charge in [0.25, 0.3) is 0 Å². The number of phenolic OH excluding ortho intramolecular Hbond substituents is 1. The average Bonchev–Trinajstić information content (AvgIpc) is 3.03. The zero-order valence-electron chi connectivity index (χ0n) is 14.0. The van der Waals surface area contributed by atoms with Crippen LogP contribution in [0.25, 0.3) is 11.3 Å².